The van der Waals surface area contributed by atoms with E-state index >= 15 is 0 Å². The third kappa shape index (κ3) is 2.83. The van der Waals surface area contributed by atoms with Gasteiger partial charge in [-0.1, -0.05) is 11.8 Å². The van der Waals surface area contributed by atoms with Crippen molar-refractivity contribution in [2.45, 2.75) is 17.8 Å². The van der Waals surface area contributed by atoms with Gasteiger partial charge in [-0.25, -0.2) is 9.66 Å². The molecule has 0 saturated carbocycles. The van der Waals surface area contributed by atoms with Crippen LogP contribution in [0.5, 0.6) is 0 Å². The van der Waals surface area contributed by atoms with E-state index in [1.807, 2.05) is 24.4 Å². The van der Waals surface area contributed by atoms with Gasteiger partial charge in [-0.3, -0.25) is 0 Å². The zero-order chi connectivity index (χ0) is 16.5. The number of furan rings is 2. The van der Waals surface area contributed by atoms with E-state index in [0.29, 0.717) is 22.5 Å². The second kappa shape index (κ2) is 6.17. The van der Waals surface area contributed by atoms with Gasteiger partial charge in [0.25, 0.3) is 0 Å². The van der Waals surface area contributed by atoms with Crippen molar-refractivity contribution in [3.05, 3.63) is 47.4 Å². The molecule has 0 spiro atoms. The average molecular weight is 359 g/mol. The highest BCUT2D eigenvalue weighted by atomic mass is 32.2. The fraction of sp³-hybridized carbons (Fsp3) is 0.133. The van der Waals surface area contributed by atoms with Crippen LogP contribution < -0.4 is 5.84 Å². The van der Waals surface area contributed by atoms with Crippen LogP contribution >= 0.6 is 23.1 Å². The van der Waals surface area contributed by atoms with E-state index in [9.17, 15) is 0 Å². The highest BCUT2D eigenvalue weighted by Crippen LogP contribution is 2.29. The normalized spacial score (nSPS) is 11.2. The van der Waals surface area contributed by atoms with Crippen LogP contribution in [0.15, 0.2) is 49.9 Å². The molecule has 0 aliphatic rings. The Morgan fingerprint density at radius 3 is 2.92 bits per heavy atom. The van der Waals surface area contributed by atoms with E-state index in [1.54, 1.807) is 29.7 Å². The summed E-state index contributed by atoms with van der Waals surface area (Å²) in [5, 5.41) is 11.6. The van der Waals surface area contributed by atoms with Gasteiger partial charge in [0.15, 0.2) is 16.5 Å². The second-order valence-electron chi connectivity index (χ2n) is 5.00. The molecule has 0 aliphatic heterocycles. The Balaban J connectivity index is 1.47. The van der Waals surface area contributed by atoms with Crippen LogP contribution in [0.25, 0.3) is 22.4 Å². The second-order valence-corrected chi connectivity index (χ2v) is 6.80. The number of hydrogen-bond donors (Lipinski definition) is 1. The number of nitrogens with two attached hydrogens (primary N) is 1. The molecule has 7 nitrogen and oxygen atoms in total. The highest BCUT2D eigenvalue weighted by Gasteiger charge is 2.15. The predicted octanol–water partition coefficient (Wildman–Crippen LogP) is 3.57. The standard InChI is InChI=1S/C15H13N5O2S2/c1-9-4-5-12(22-9)14-17-10(7-23-14)8-24-15-19-18-13(20(15)16)11-3-2-6-21-11/h2-7H,8,16H2,1H3. The van der Waals surface area contributed by atoms with Crippen molar-refractivity contribution in [2.75, 3.05) is 5.84 Å². The SMILES string of the molecule is Cc1ccc(-c2nc(CSc3nnc(-c4ccco4)n3N)cs2)o1. The van der Waals surface area contributed by atoms with E-state index in [1.165, 1.54) is 16.4 Å². The number of aromatic nitrogens is 4. The van der Waals surface area contributed by atoms with Crippen LogP contribution in [0.1, 0.15) is 11.5 Å². The molecule has 0 bridgehead atoms. The van der Waals surface area contributed by atoms with Crippen LogP contribution in [0, 0.1) is 6.92 Å². The third-order valence-electron chi connectivity index (χ3n) is 3.26. The molecule has 2 N–H and O–H groups in total. The summed E-state index contributed by atoms with van der Waals surface area (Å²) < 4.78 is 12.3. The van der Waals surface area contributed by atoms with E-state index in [-0.39, 0.29) is 0 Å². The minimum absolute atomic E-state index is 0.493. The lowest BCUT2D eigenvalue weighted by Gasteiger charge is -2.00. The van der Waals surface area contributed by atoms with E-state index in [2.05, 4.69) is 15.2 Å². The summed E-state index contributed by atoms with van der Waals surface area (Å²) in [6, 6.07) is 7.43. The number of nitrogens with zero attached hydrogens (tertiary/aromatic N) is 4. The summed E-state index contributed by atoms with van der Waals surface area (Å²) in [6.07, 6.45) is 1.57. The summed E-state index contributed by atoms with van der Waals surface area (Å²) in [5.41, 5.74) is 0.941. The molecular formula is C15H13N5O2S2. The van der Waals surface area contributed by atoms with Gasteiger partial charge in [0, 0.05) is 11.1 Å². The number of hydrogen-bond acceptors (Lipinski definition) is 8. The first-order valence-corrected chi connectivity index (χ1v) is 8.95. The van der Waals surface area contributed by atoms with Crippen LogP contribution in [-0.4, -0.2) is 19.9 Å². The number of thiazole rings is 1. The molecule has 4 aromatic rings. The van der Waals surface area contributed by atoms with Crippen molar-refractivity contribution in [3.8, 4) is 22.4 Å². The number of nitrogen functional groups attached to an aromatic ring is 1. The molecule has 0 saturated heterocycles. The fourth-order valence-corrected chi connectivity index (χ4v) is 3.76. The van der Waals surface area contributed by atoms with Crippen molar-refractivity contribution in [3.63, 3.8) is 0 Å². The maximum absolute atomic E-state index is 6.04. The van der Waals surface area contributed by atoms with Gasteiger partial charge in [0.05, 0.1) is 12.0 Å². The summed E-state index contributed by atoms with van der Waals surface area (Å²) in [5.74, 6) is 9.42. The van der Waals surface area contributed by atoms with E-state index in [4.69, 9.17) is 14.7 Å². The molecule has 0 aromatic carbocycles. The topological polar surface area (TPSA) is 95.9 Å². The Bertz CT molecular complexity index is 955. The molecule has 122 valence electrons. The maximum atomic E-state index is 6.04. The molecule has 4 rings (SSSR count). The lowest BCUT2D eigenvalue weighted by Crippen LogP contribution is -2.11. The molecule has 0 aliphatic carbocycles. The van der Waals surface area contributed by atoms with Crippen LogP contribution in [0.3, 0.4) is 0 Å². The predicted molar refractivity (Wildman–Crippen MR) is 92.0 cm³/mol. The van der Waals surface area contributed by atoms with E-state index < -0.39 is 0 Å². The van der Waals surface area contributed by atoms with Crippen LogP contribution in [-0.2, 0) is 5.75 Å². The Kier molecular flexibility index (Phi) is 3.87. The molecule has 9 heteroatoms. The molecule has 4 aromatic heterocycles. The van der Waals surface area contributed by atoms with Gasteiger partial charge in [-0.05, 0) is 31.2 Å². The zero-order valence-corrected chi connectivity index (χ0v) is 14.3. The van der Waals surface area contributed by atoms with Crippen molar-refractivity contribution in [2.24, 2.45) is 0 Å². The highest BCUT2D eigenvalue weighted by molar-refractivity contribution is 7.98. The average Bonchev–Trinajstić information content (AvgIpc) is 3.32. The molecule has 0 amide bonds. The first-order valence-electron chi connectivity index (χ1n) is 7.09. The molecule has 0 atom stereocenters. The van der Waals surface area contributed by atoms with Gasteiger partial charge in [-0.15, -0.1) is 21.5 Å². The number of thioether (sulfide) groups is 1. The Labute approximate surface area is 145 Å². The molecule has 24 heavy (non-hydrogen) atoms. The van der Waals surface area contributed by atoms with Crippen LogP contribution in [0.2, 0.25) is 0 Å². The molecule has 0 fully saturated rings. The fourth-order valence-electron chi connectivity index (χ4n) is 2.12. The van der Waals surface area contributed by atoms with Crippen molar-refractivity contribution < 1.29 is 8.83 Å². The molecule has 0 unspecified atom stereocenters. The van der Waals surface area contributed by atoms with Gasteiger partial charge >= 0.3 is 0 Å². The lowest BCUT2D eigenvalue weighted by atomic mass is 10.4. The summed E-state index contributed by atoms with van der Waals surface area (Å²) in [6.45, 7) is 1.92. The first-order chi connectivity index (χ1) is 11.7. The number of rotatable bonds is 5. The Morgan fingerprint density at radius 2 is 2.17 bits per heavy atom. The minimum Gasteiger partial charge on any atom is -0.461 e. The smallest absolute Gasteiger partial charge is 0.218 e. The maximum Gasteiger partial charge on any atom is 0.218 e. The number of aryl methyl sites for hydroxylation is 1. The summed E-state index contributed by atoms with van der Waals surface area (Å²) in [7, 11) is 0. The minimum atomic E-state index is 0.493. The van der Waals surface area contributed by atoms with Crippen molar-refractivity contribution in [1.29, 1.82) is 0 Å². The van der Waals surface area contributed by atoms with Gasteiger partial charge in [0.2, 0.25) is 11.0 Å². The van der Waals surface area contributed by atoms with Gasteiger partial charge < -0.3 is 14.7 Å². The monoisotopic (exact) mass is 359 g/mol. The quantitative estimate of drug-likeness (QED) is 0.430. The summed E-state index contributed by atoms with van der Waals surface area (Å²) in [4.78, 5) is 4.58. The van der Waals surface area contributed by atoms with E-state index in [0.717, 1.165) is 22.2 Å². The molecular weight excluding hydrogens is 346 g/mol. The van der Waals surface area contributed by atoms with Gasteiger partial charge in [-0.2, -0.15) is 0 Å². The Hall–Kier alpha value is -2.52. The molecule has 4 heterocycles. The Morgan fingerprint density at radius 1 is 1.25 bits per heavy atom. The third-order valence-corrected chi connectivity index (χ3v) is 5.14. The van der Waals surface area contributed by atoms with Crippen molar-refractivity contribution >= 4 is 23.1 Å². The molecule has 0 radical (unpaired) electrons. The van der Waals surface area contributed by atoms with Crippen LogP contribution in [0.4, 0.5) is 0 Å². The van der Waals surface area contributed by atoms with Crippen molar-refractivity contribution in [1.82, 2.24) is 19.9 Å². The lowest BCUT2D eigenvalue weighted by molar-refractivity contribution is 0.548. The first kappa shape index (κ1) is 15.0. The zero-order valence-electron chi connectivity index (χ0n) is 12.7. The summed E-state index contributed by atoms with van der Waals surface area (Å²) >= 11 is 3.02. The van der Waals surface area contributed by atoms with Gasteiger partial charge in [0.1, 0.15) is 5.76 Å². The largest absolute Gasteiger partial charge is 0.461 e.